The minimum absolute atomic E-state index is 0.0134. The third kappa shape index (κ3) is 3.51. The van der Waals surface area contributed by atoms with Crippen molar-refractivity contribution in [2.75, 3.05) is 14.2 Å². The average molecular weight is 322 g/mol. The van der Waals surface area contributed by atoms with Gasteiger partial charge in [0.05, 0.1) is 14.2 Å². The van der Waals surface area contributed by atoms with Gasteiger partial charge in [-0.25, -0.2) is 0 Å². The number of allylic oxidation sites excluding steroid dienone is 1. The highest BCUT2D eigenvalue weighted by molar-refractivity contribution is 5.99. The molecule has 3 nitrogen and oxygen atoms in total. The van der Waals surface area contributed by atoms with E-state index in [1.807, 2.05) is 48.5 Å². The first-order chi connectivity index (χ1) is 11.7. The van der Waals surface area contributed by atoms with Gasteiger partial charge in [0.1, 0.15) is 17.3 Å². The fourth-order valence-electron chi connectivity index (χ4n) is 3.19. The largest absolute Gasteiger partial charge is 0.497 e. The van der Waals surface area contributed by atoms with Crippen molar-refractivity contribution in [1.29, 1.82) is 0 Å². The summed E-state index contributed by atoms with van der Waals surface area (Å²) in [6, 6.07) is 15.8. The summed E-state index contributed by atoms with van der Waals surface area (Å²) in [6.45, 7) is 0. The lowest BCUT2D eigenvalue weighted by Crippen LogP contribution is -2.08. The molecule has 2 aromatic rings. The Morgan fingerprint density at radius 3 is 2.04 bits per heavy atom. The van der Waals surface area contributed by atoms with E-state index in [0.29, 0.717) is 12.2 Å². The normalized spacial score (nSPS) is 17.8. The van der Waals surface area contributed by atoms with Crippen molar-refractivity contribution in [2.24, 2.45) is 5.92 Å². The molecule has 1 aliphatic carbocycles. The molecule has 0 heterocycles. The fraction of sp³-hybridized carbons (Fsp3) is 0.286. The zero-order valence-corrected chi connectivity index (χ0v) is 14.1. The van der Waals surface area contributed by atoms with Crippen molar-refractivity contribution in [1.82, 2.24) is 0 Å². The lowest BCUT2D eigenvalue weighted by Gasteiger charge is -2.15. The van der Waals surface area contributed by atoms with Crippen LogP contribution in [0.4, 0.5) is 0 Å². The molecule has 0 N–H and O–H groups in total. The van der Waals surface area contributed by atoms with Crippen LogP contribution in [-0.4, -0.2) is 20.0 Å². The van der Waals surface area contributed by atoms with E-state index >= 15 is 0 Å². The van der Waals surface area contributed by atoms with E-state index in [1.165, 1.54) is 0 Å². The molecule has 0 radical (unpaired) electrons. The first-order valence-electron chi connectivity index (χ1n) is 8.24. The Kier molecular flexibility index (Phi) is 4.99. The van der Waals surface area contributed by atoms with Gasteiger partial charge in [-0.05, 0) is 53.8 Å². The predicted octanol–water partition coefficient (Wildman–Crippen LogP) is 4.61. The van der Waals surface area contributed by atoms with Gasteiger partial charge in [0.25, 0.3) is 0 Å². The standard InChI is InChI=1S/C21H22O3/c1-23-17-10-6-15(7-11-17)14-20(19-4-3-5-21(19)22)16-8-12-18(24-2)13-9-16/h6-14,19H,3-5H2,1-2H3/b20-14+/t19-/m0/s1. The van der Waals surface area contributed by atoms with Gasteiger partial charge in [0.15, 0.2) is 0 Å². The molecule has 0 amide bonds. The van der Waals surface area contributed by atoms with Gasteiger partial charge in [-0.15, -0.1) is 0 Å². The molecule has 2 aromatic carbocycles. The van der Waals surface area contributed by atoms with E-state index in [1.54, 1.807) is 14.2 Å². The lowest BCUT2D eigenvalue weighted by molar-refractivity contribution is -0.119. The molecule has 1 aliphatic rings. The molecule has 3 heteroatoms. The molecular formula is C21H22O3. The molecule has 1 saturated carbocycles. The van der Waals surface area contributed by atoms with E-state index in [0.717, 1.165) is 41.0 Å². The second kappa shape index (κ2) is 7.35. The van der Waals surface area contributed by atoms with Gasteiger partial charge >= 0.3 is 0 Å². The molecule has 24 heavy (non-hydrogen) atoms. The van der Waals surface area contributed by atoms with Crippen LogP contribution in [0.1, 0.15) is 30.4 Å². The van der Waals surface area contributed by atoms with E-state index in [-0.39, 0.29) is 5.92 Å². The van der Waals surface area contributed by atoms with Gasteiger partial charge in [0.2, 0.25) is 0 Å². The molecule has 124 valence electrons. The zero-order valence-electron chi connectivity index (χ0n) is 14.1. The summed E-state index contributed by atoms with van der Waals surface area (Å²) >= 11 is 0. The minimum Gasteiger partial charge on any atom is -0.497 e. The molecule has 3 rings (SSSR count). The number of carbonyl (C=O) groups is 1. The predicted molar refractivity (Wildman–Crippen MR) is 96.2 cm³/mol. The average Bonchev–Trinajstić information content (AvgIpc) is 3.06. The summed E-state index contributed by atoms with van der Waals surface area (Å²) in [5, 5.41) is 0. The van der Waals surface area contributed by atoms with Gasteiger partial charge < -0.3 is 9.47 Å². The Balaban J connectivity index is 1.99. The number of rotatable bonds is 5. The van der Waals surface area contributed by atoms with Gasteiger partial charge in [0, 0.05) is 12.3 Å². The number of hydrogen-bond acceptors (Lipinski definition) is 3. The van der Waals surface area contributed by atoms with Crippen LogP contribution in [0.5, 0.6) is 11.5 Å². The smallest absolute Gasteiger partial charge is 0.140 e. The maximum absolute atomic E-state index is 12.3. The first kappa shape index (κ1) is 16.3. The van der Waals surface area contributed by atoms with Crippen molar-refractivity contribution < 1.29 is 14.3 Å². The topological polar surface area (TPSA) is 35.5 Å². The molecule has 0 aromatic heterocycles. The summed E-state index contributed by atoms with van der Waals surface area (Å²) in [4.78, 5) is 12.3. The van der Waals surface area contributed by atoms with E-state index in [9.17, 15) is 4.79 Å². The minimum atomic E-state index is -0.0134. The summed E-state index contributed by atoms with van der Waals surface area (Å²) in [6.07, 6.45) is 4.70. The van der Waals surface area contributed by atoms with Crippen LogP contribution in [0.15, 0.2) is 48.5 Å². The molecule has 0 spiro atoms. The van der Waals surface area contributed by atoms with Gasteiger partial charge in [-0.3, -0.25) is 4.79 Å². The summed E-state index contributed by atoms with van der Waals surface area (Å²) in [5.74, 6) is 1.97. The second-order valence-electron chi connectivity index (χ2n) is 6.01. The molecular weight excluding hydrogens is 300 g/mol. The number of methoxy groups -OCH3 is 2. The van der Waals surface area contributed by atoms with Crippen molar-refractivity contribution in [2.45, 2.75) is 19.3 Å². The van der Waals surface area contributed by atoms with Crippen LogP contribution in [-0.2, 0) is 4.79 Å². The number of hydrogen-bond donors (Lipinski definition) is 0. The SMILES string of the molecule is COc1ccc(/C=C(\c2ccc(OC)cc2)[C@@H]2CCCC2=O)cc1. The summed E-state index contributed by atoms with van der Waals surface area (Å²) in [7, 11) is 3.31. The highest BCUT2D eigenvalue weighted by Gasteiger charge is 2.28. The van der Waals surface area contributed by atoms with Gasteiger partial charge in [-0.2, -0.15) is 0 Å². The Morgan fingerprint density at radius 2 is 1.54 bits per heavy atom. The Hall–Kier alpha value is -2.55. The quantitative estimate of drug-likeness (QED) is 0.754. The Bertz CT molecular complexity index is 727. The maximum Gasteiger partial charge on any atom is 0.140 e. The Labute approximate surface area is 142 Å². The molecule has 1 fully saturated rings. The van der Waals surface area contributed by atoms with Crippen LogP contribution in [0, 0.1) is 5.92 Å². The highest BCUT2D eigenvalue weighted by Crippen LogP contribution is 2.36. The van der Waals surface area contributed by atoms with Crippen molar-refractivity contribution in [3.05, 3.63) is 59.7 Å². The third-order valence-electron chi connectivity index (χ3n) is 4.54. The lowest BCUT2D eigenvalue weighted by atomic mass is 9.89. The van der Waals surface area contributed by atoms with Crippen LogP contribution >= 0.6 is 0 Å². The number of Topliss-reactive ketones (excluding diaryl/α,β-unsaturated/α-hetero) is 1. The monoisotopic (exact) mass is 322 g/mol. The number of carbonyl (C=O) groups excluding carboxylic acids is 1. The Morgan fingerprint density at radius 1 is 0.958 bits per heavy atom. The van der Waals surface area contributed by atoms with E-state index in [4.69, 9.17) is 9.47 Å². The van der Waals surface area contributed by atoms with E-state index < -0.39 is 0 Å². The van der Waals surface area contributed by atoms with E-state index in [2.05, 4.69) is 6.08 Å². The van der Waals surface area contributed by atoms with Crippen LogP contribution in [0.2, 0.25) is 0 Å². The summed E-state index contributed by atoms with van der Waals surface area (Å²) in [5.41, 5.74) is 3.23. The highest BCUT2D eigenvalue weighted by atomic mass is 16.5. The number of benzene rings is 2. The molecule has 1 atom stereocenters. The zero-order chi connectivity index (χ0) is 16.9. The van der Waals surface area contributed by atoms with Gasteiger partial charge in [-0.1, -0.05) is 30.3 Å². The summed E-state index contributed by atoms with van der Waals surface area (Å²) < 4.78 is 10.5. The first-order valence-corrected chi connectivity index (χ1v) is 8.24. The molecule has 0 saturated heterocycles. The maximum atomic E-state index is 12.3. The van der Waals surface area contributed by atoms with Crippen molar-refractivity contribution in [3.63, 3.8) is 0 Å². The fourth-order valence-corrected chi connectivity index (χ4v) is 3.19. The van der Waals surface area contributed by atoms with Crippen LogP contribution < -0.4 is 9.47 Å². The van der Waals surface area contributed by atoms with Crippen LogP contribution in [0.3, 0.4) is 0 Å². The number of ketones is 1. The number of ether oxygens (including phenoxy) is 2. The van der Waals surface area contributed by atoms with Crippen molar-refractivity contribution >= 4 is 17.4 Å². The molecule has 0 unspecified atom stereocenters. The third-order valence-corrected chi connectivity index (χ3v) is 4.54. The molecule has 0 bridgehead atoms. The van der Waals surface area contributed by atoms with Crippen LogP contribution in [0.25, 0.3) is 11.6 Å². The second-order valence-corrected chi connectivity index (χ2v) is 6.01. The molecule has 0 aliphatic heterocycles. The van der Waals surface area contributed by atoms with Crippen molar-refractivity contribution in [3.8, 4) is 11.5 Å².